The largest absolute Gasteiger partial charge is 0.573 e. The first-order valence-electron chi connectivity index (χ1n) is 4.01. The van der Waals surface area contributed by atoms with E-state index in [-0.39, 0.29) is 24.5 Å². The van der Waals surface area contributed by atoms with Gasteiger partial charge in [-0.05, 0) is 12.1 Å². The van der Waals surface area contributed by atoms with Crippen LogP contribution in [-0.4, -0.2) is 18.7 Å². The van der Waals surface area contributed by atoms with Crippen molar-refractivity contribution in [1.29, 1.82) is 0 Å². The molecular weight excluding hydrogens is 247 g/mol. The molecule has 0 spiro atoms. The predicted molar refractivity (Wildman–Crippen MR) is 53.8 cm³/mol. The van der Waals surface area contributed by atoms with Crippen LogP contribution >= 0.6 is 12.4 Å². The fraction of sp³-hybridized carbons (Fsp3) is 0.222. The summed E-state index contributed by atoms with van der Waals surface area (Å²) in [6.45, 7) is -0.254. The van der Waals surface area contributed by atoms with Gasteiger partial charge in [-0.25, -0.2) is 0 Å². The molecule has 1 aromatic carbocycles. The fourth-order valence-electron chi connectivity index (χ4n) is 0.985. The predicted octanol–water partition coefficient (Wildman–Crippen LogP) is 2.15. The standard InChI is InChI=1S/C9H8F3NO2.ClH/c10-9(11,12)15-7-3-1-2-6(4-7)8(14)5-13;/h1-4H,5,13H2;1H. The molecule has 3 nitrogen and oxygen atoms in total. The minimum atomic E-state index is -4.76. The van der Waals surface area contributed by atoms with Crippen LogP contribution in [0.5, 0.6) is 5.75 Å². The first kappa shape index (κ1) is 14.7. The molecule has 0 heterocycles. The zero-order chi connectivity index (χ0) is 11.5. The second-order valence-corrected chi connectivity index (χ2v) is 2.70. The Bertz CT molecular complexity index is 368. The van der Waals surface area contributed by atoms with E-state index in [1.165, 1.54) is 12.1 Å². The molecule has 16 heavy (non-hydrogen) atoms. The average molecular weight is 256 g/mol. The van der Waals surface area contributed by atoms with Gasteiger partial charge in [0, 0.05) is 5.56 Å². The van der Waals surface area contributed by atoms with E-state index in [9.17, 15) is 18.0 Å². The molecule has 0 fully saturated rings. The smallest absolute Gasteiger partial charge is 0.406 e. The topological polar surface area (TPSA) is 52.3 Å². The van der Waals surface area contributed by atoms with Crippen LogP contribution in [0.2, 0.25) is 0 Å². The van der Waals surface area contributed by atoms with Crippen molar-refractivity contribution in [3.8, 4) is 5.75 Å². The van der Waals surface area contributed by atoms with Gasteiger partial charge in [0.2, 0.25) is 0 Å². The maximum absolute atomic E-state index is 11.8. The fourth-order valence-corrected chi connectivity index (χ4v) is 0.985. The Morgan fingerprint density at radius 1 is 1.38 bits per heavy atom. The third-order valence-electron chi connectivity index (χ3n) is 1.57. The van der Waals surface area contributed by atoms with Gasteiger partial charge in [0.15, 0.2) is 5.78 Å². The Labute approximate surface area is 95.8 Å². The first-order valence-corrected chi connectivity index (χ1v) is 4.01. The molecule has 0 bridgehead atoms. The van der Waals surface area contributed by atoms with Crippen molar-refractivity contribution in [3.05, 3.63) is 29.8 Å². The van der Waals surface area contributed by atoms with Gasteiger partial charge < -0.3 is 10.5 Å². The molecular formula is C9H9ClF3NO2. The first-order chi connectivity index (χ1) is 6.92. The van der Waals surface area contributed by atoms with E-state index in [4.69, 9.17) is 5.73 Å². The number of carbonyl (C=O) groups excluding carboxylic acids is 1. The van der Waals surface area contributed by atoms with E-state index in [0.717, 1.165) is 12.1 Å². The van der Waals surface area contributed by atoms with Crippen LogP contribution in [0.1, 0.15) is 10.4 Å². The third-order valence-corrected chi connectivity index (χ3v) is 1.57. The summed E-state index contributed by atoms with van der Waals surface area (Å²) in [6.07, 6.45) is -4.76. The van der Waals surface area contributed by atoms with Crippen molar-refractivity contribution in [2.75, 3.05) is 6.54 Å². The van der Waals surface area contributed by atoms with E-state index in [2.05, 4.69) is 4.74 Å². The van der Waals surface area contributed by atoms with Gasteiger partial charge in [0.1, 0.15) is 5.75 Å². The molecule has 7 heteroatoms. The monoisotopic (exact) mass is 255 g/mol. The number of carbonyl (C=O) groups is 1. The molecule has 0 saturated heterocycles. The Hall–Kier alpha value is -1.27. The molecule has 1 rings (SSSR count). The van der Waals surface area contributed by atoms with Crippen LogP contribution in [0.4, 0.5) is 13.2 Å². The minimum absolute atomic E-state index is 0. The number of halogens is 4. The van der Waals surface area contributed by atoms with Gasteiger partial charge in [-0.15, -0.1) is 25.6 Å². The van der Waals surface area contributed by atoms with Crippen LogP contribution < -0.4 is 10.5 Å². The molecule has 0 aromatic heterocycles. The summed E-state index contributed by atoms with van der Waals surface area (Å²) in [7, 11) is 0. The highest BCUT2D eigenvalue weighted by Gasteiger charge is 2.31. The number of hydrogen-bond donors (Lipinski definition) is 1. The van der Waals surface area contributed by atoms with E-state index in [1.807, 2.05) is 0 Å². The van der Waals surface area contributed by atoms with Crippen molar-refractivity contribution in [2.45, 2.75) is 6.36 Å². The summed E-state index contributed by atoms with van der Waals surface area (Å²) in [5.74, 6) is -0.871. The second kappa shape index (κ2) is 5.72. The van der Waals surface area contributed by atoms with E-state index < -0.39 is 17.9 Å². The lowest BCUT2D eigenvalue weighted by Gasteiger charge is -2.09. The van der Waals surface area contributed by atoms with Crippen LogP contribution in [0, 0.1) is 0 Å². The van der Waals surface area contributed by atoms with E-state index >= 15 is 0 Å². The Kier molecular flexibility index (Phi) is 5.26. The van der Waals surface area contributed by atoms with Crippen LogP contribution in [0.25, 0.3) is 0 Å². The van der Waals surface area contributed by atoms with Crippen molar-refractivity contribution in [2.24, 2.45) is 5.73 Å². The number of rotatable bonds is 3. The summed E-state index contributed by atoms with van der Waals surface area (Å²) >= 11 is 0. The Morgan fingerprint density at radius 2 is 2.00 bits per heavy atom. The van der Waals surface area contributed by atoms with Gasteiger partial charge in [-0.3, -0.25) is 4.79 Å². The number of alkyl halides is 3. The highest BCUT2D eigenvalue weighted by Crippen LogP contribution is 2.23. The molecule has 1 aromatic rings. The maximum atomic E-state index is 11.8. The Balaban J connectivity index is 0.00000225. The minimum Gasteiger partial charge on any atom is -0.406 e. The number of ketones is 1. The zero-order valence-electron chi connectivity index (χ0n) is 7.95. The summed E-state index contributed by atoms with van der Waals surface area (Å²) in [6, 6.07) is 4.78. The van der Waals surface area contributed by atoms with Crippen LogP contribution in [0.3, 0.4) is 0 Å². The molecule has 90 valence electrons. The lowest BCUT2D eigenvalue weighted by atomic mass is 10.1. The quantitative estimate of drug-likeness (QED) is 0.842. The maximum Gasteiger partial charge on any atom is 0.573 e. The summed E-state index contributed by atoms with van der Waals surface area (Å²) in [5, 5.41) is 0. The van der Waals surface area contributed by atoms with Gasteiger partial charge in [0.05, 0.1) is 6.54 Å². The molecule has 0 unspecified atom stereocenters. The lowest BCUT2D eigenvalue weighted by Crippen LogP contribution is -2.18. The van der Waals surface area contributed by atoms with Gasteiger partial charge in [-0.1, -0.05) is 12.1 Å². The summed E-state index contributed by atoms with van der Waals surface area (Å²) < 4.78 is 39.1. The van der Waals surface area contributed by atoms with Crippen molar-refractivity contribution >= 4 is 18.2 Å². The molecule has 0 aliphatic heterocycles. The second-order valence-electron chi connectivity index (χ2n) is 2.70. The van der Waals surface area contributed by atoms with Crippen molar-refractivity contribution < 1.29 is 22.7 Å². The summed E-state index contributed by atoms with van der Waals surface area (Å²) in [5.41, 5.74) is 5.17. The molecule has 0 radical (unpaired) electrons. The lowest BCUT2D eigenvalue weighted by molar-refractivity contribution is -0.274. The van der Waals surface area contributed by atoms with Gasteiger partial charge in [0.25, 0.3) is 0 Å². The van der Waals surface area contributed by atoms with Gasteiger partial charge in [-0.2, -0.15) is 0 Å². The highest BCUT2D eigenvalue weighted by molar-refractivity contribution is 5.97. The molecule has 0 aliphatic carbocycles. The van der Waals surface area contributed by atoms with E-state index in [1.54, 1.807) is 0 Å². The molecule has 0 amide bonds. The van der Waals surface area contributed by atoms with Gasteiger partial charge >= 0.3 is 6.36 Å². The van der Waals surface area contributed by atoms with E-state index in [0.29, 0.717) is 0 Å². The molecule has 0 aliphatic rings. The number of nitrogens with two attached hydrogens (primary N) is 1. The molecule has 0 saturated carbocycles. The third kappa shape index (κ3) is 4.50. The summed E-state index contributed by atoms with van der Waals surface area (Å²) in [4.78, 5) is 11.1. The van der Waals surface area contributed by atoms with Crippen LogP contribution in [-0.2, 0) is 0 Å². The Morgan fingerprint density at radius 3 is 2.50 bits per heavy atom. The zero-order valence-corrected chi connectivity index (χ0v) is 8.77. The van der Waals surface area contributed by atoms with Crippen LogP contribution in [0.15, 0.2) is 24.3 Å². The average Bonchev–Trinajstić information content (AvgIpc) is 2.14. The number of hydrogen-bond acceptors (Lipinski definition) is 3. The number of Topliss-reactive ketones (excluding diaryl/α,β-unsaturated/α-hetero) is 1. The number of benzene rings is 1. The number of ether oxygens (including phenoxy) is 1. The van der Waals surface area contributed by atoms with Crippen molar-refractivity contribution in [3.63, 3.8) is 0 Å². The molecule has 2 N–H and O–H groups in total. The molecule has 0 atom stereocenters. The van der Waals surface area contributed by atoms with Crippen molar-refractivity contribution in [1.82, 2.24) is 0 Å². The SMILES string of the molecule is Cl.NCC(=O)c1cccc(OC(F)(F)F)c1. The highest BCUT2D eigenvalue weighted by atomic mass is 35.5. The normalized spacial score (nSPS) is 10.5.